The molecular weight excluding hydrogens is 150 g/mol. The highest BCUT2D eigenvalue weighted by Crippen LogP contribution is 2.27. The molecule has 0 spiro atoms. The van der Waals surface area contributed by atoms with E-state index in [0.717, 1.165) is 7.11 Å². The Morgan fingerprint density at radius 3 is 1.42 bits per heavy atom. The average molecular weight is 173 g/mol. The van der Waals surface area contributed by atoms with Crippen LogP contribution in [0.5, 0.6) is 0 Å². The van der Waals surface area contributed by atoms with Crippen molar-refractivity contribution in [3.63, 3.8) is 0 Å². The van der Waals surface area contributed by atoms with E-state index in [-0.39, 0.29) is 0 Å². The van der Waals surface area contributed by atoms with Crippen LogP contribution in [-0.4, -0.2) is 23.3 Å². The van der Waals surface area contributed by atoms with Crippen molar-refractivity contribution < 1.29 is 5.11 Å². The van der Waals surface area contributed by atoms with Crippen LogP contribution in [0, 0.1) is 0 Å². The van der Waals surface area contributed by atoms with E-state index in [0.29, 0.717) is 11.1 Å². The highest BCUT2D eigenvalue weighted by molar-refractivity contribution is 4.92. The van der Waals surface area contributed by atoms with Gasteiger partial charge in [0.1, 0.15) is 0 Å². The van der Waals surface area contributed by atoms with Crippen molar-refractivity contribution in [3.05, 3.63) is 0 Å². The maximum Gasteiger partial charge on any atom is 0.0319 e. The van der Waals surface area contributed by atoms with E-state index in [2.05, 4.69) is 33.0 Å². The minimum absolute atomic E-state index is 0.363. The number of aliphatic hydroxyl groups excluding tert-OH is 1. The lowest BCUT2D eigenvalue weighted by atomic mass is 9.83. The second-order valence-electron chi connectivity index (χ2n) is 4.75. The summed E-state index contributed by atoms with van der Waals surface area (Å²) < 4.78 is 0. The summed E-state index contributed by atoms with van der Waals surface area (Å²) in [5, 5.41) is 10.6. The summed E-state index contributed by atoms with van der Waals surface area (Å²) in [4.78, 5) is 0. The lowest BCUT2D eigenvalue weighted by Gasteiger charge is -2.42. The smallest absolute Gasteiger partial charge is 0.0319 e. The van der Waals surface area contributed by atoms with Crippen molar-refractivity contribution >= 4 is 0 Å². The van der Waals surface area contributed by atoms with E-state index in [9.17, 15) is 0 Å². The van der Waals surface area contributed by atoms with Crippen LogP contribution in [0.2, 0.25) is 0 Å². The summed E-state index contributed by atoms with van der Waals surface area (Å²) in [6, 6.07) is 0. The maximum atomic E-state index is 7.00. The van der Waals surface area contributed by atoms with Gasteiger partial charge in [0.25, 0.3) is 0 Å². The van der Waals surface area contributed by atoms with Gasteiger partial charge in [0.15, 0.2) is 0 Å². The van der Waals surface area contributed by atoms with Gasteiger partial charge in [0, 0.05) is 18.2 Å². The summed E-state index contributed by atoms with van der Waals surface area (Å²) in [6.07, 6.45) is 4.00. The molecule has 0 unspecified atom stereocenters. The minimum atomic E-state index is 0.363. The summed E-state index contributed by atoms with van der Waals surface area (Å²) in [5.41, 5.74) is 0.726. The van der Waals surface area contributed by atoms with E-state index >= 15 is 0 Å². The molecule has 0 amide bonds. The fraction of sp³-hybridized carbons (Fsp3) is 1.00. The van der Waals surface area contributed by atoms with Gasteiger partial charge in [-0.05, 0) is 47.0 Å². The molecule has 1 rings (SSSR count). The Labute approximate surface area is 76.4 Å². The molecule has 1 aliphatic heterocycles. The third kappa shape index (κ3) is 4.07. The van der Waals surface area contributed by atoms with E-state index in [1.165, 1.54) is 19.3 Å². The summed E-state index contributed by atoms with van der Waals surface area (Å²) in [7, 11) is 1.00. The molecule has 2 heteroatoms. The van der Waals surface area contributed by atoms with Crippen molar-refractivity contribution in [3.8, 4) is 0 Å². The van der Waals surface area contributed by atoms with Crippen molar-refractivity contribution in [1.82, 2.24) is 5.32 Å². The lowest BCUT2D eigenvalue weighted by Crippen LogP contribution is -2.55. The van der Waals surface area contributed by atoms with Crippen LogP contribution in [-0.2, 0) is 0 Å². The predicted octanol–water partition coefficient (Wildman–Crippen LogP) is 1.93. The lowest BCUT2D eigenvalue weighted by molar-refractivity contribution is 0.183. The highest BCUT2D eigenvalue weighted by Gasteiger charge is 2.31. The summed E-state index contributed by atoms with van der Waals surface area (Å²) in [5.74, 6) is 0. The van der Waals surface area contributed by atoms with E-state index in [4.69, 9.17) is 5.11 Å². The van der Waals surface area contributed by atoms with Crippen LogP contribution in [0.25, 0.3) is 0 Å². The highest BCUT2D eigenvalue weighted by atomic mass is 16.2. The summed E-state index contributed by atoms with van der Waals surface area (Å²) in [6.45, 7) is 9.14. The van der Waals surface area contributed by atoms with Gasteiger partial charge < -0.3 is 10.4 Å². The third-order valence-electron chi connectivity index (χ3n) is 2.28. The molecule has 0 aromatic carbocycles. The number of rotatable bonds is 0. The van der Waals surface area contributed by atoms with Crippen molar-refractivity contribution in [2.45, 2.75) is 58.0 Å². The monoisotopic (exact) mass is 173 g/mol. The fourth-order valence-corrected chi connectivity index (χ4v) is 2.01. The number of hydrogen-bond acceptors (Lipinski definition) is 2. The minimum Gasteiger partial charge on any atom is -0.400 e. The molecule has 2 nitrogen and oxygen atoms in total. The third-order valence-corrected chi connectivity index (χ3v) is 2.28. The van der Waals surface area contributed by atoms with Gasteiger partial charge in [-0.3, -0.25) is 0 Å². The Morgan fingerprint density at radius 2 is 1.25 bits per heavy atom. The normalized spacial score (nSPS) is 25.5. The Balaban J connectivity index is 0.000000561. The Hall–Kier alpha value is -0.0800. The molecule has 12 heavy (non-hydrogen) atoms. The van der Waals surface area contributed by atoms with Gasteiger partial charge in [-0.15, -0.1) is 0 Å². The van der Waals surface area contributed by atoms with Gasteiger partial charge in [0.05, 0.1) is 0 Å². The molecule has 0 bridgehead atoms. The SMILES string of the molecule is CC1(C)CCCC(C)(C)N1.CO. The molecular formula is C10H23NO. The van der Waals surface area contributed by atoms with Crippen molar-refractivity contribution in [1.29, 1.82) is 0 Å². The number of nitrogens with one attached hydrogen (secondary N) is 1. The molecule has 0 aromatic rings. The average Bonchev–Trinajstić information content (AvgIpc) is 1.86. The zero-order chi connectivity index (χ0) is 9.83. The van der Waals surface area contributed by atoms with Crippen LogP contribution in [0.4, 0.5) is 0 Å². The number of aliphatic hydroxyl groups is 1. The standard InChI is InChI=1S/C9H19N.CH4O/c1-8(2)6-5-7-9(3,4)10-8;1-2/h10H,5-7H2,1-4H3;2H,1H3. The zero-order valence-electron chi connectivity index (χ0n) is 9.07. The Bertz CT molecular complexity index is 116. The topological polar surface area (TPSA) is 32.3 Å². The van der Waals surface area contributed by atoms with Gasteiger partial charge in [0.2, 0.25) is 0 Å². The molecule has 1 heterocycles. The van der Waals surface area contributed by atoms with Gasteiger partial charge >= 0.3 is 0 Å². The van der Waals surface area contributed by atoms with Gasteiger partial charge in [-0.2, -0.15) is 0 Å². The maximum absolute atomic E-state index is 7.00. The first kappa shape index (κ1) is 11.9. The molecule has 1 saturated heterocycles. The van der Waals surface area contributed by atoms with Gasteiger partial charge in [-0.1, -0.05) is 0 Å². The molecule has 0 aliphatic carbocycles. The summed E-state index contributed by atoms with van der Waals surface area (Å²) >= 11 is 0. The Morgan fingerprint density at radius 1 is 0.917 bits per heavy atom. The number of hydrogen-bond donors (Lipinski definition) is 2. The second kappa shape index (κ2) is 4.24. The molecule has 1 fully saturated rings. The van der Waals surface area contributed by atoms with Crippen LogP contribution in [0.3, 0.4) is 0 Å². The van der Waals surface area contributed by atoms with Crippen LogP contribution in [0.1, 0.15) is 47.0 Å². The molecule has 0 saturated carbocycles. The van der Waals surface area contributed by atoms with Crippen molar-refractivity contribution in [2.75, 3.05) is 7.11 Å². The molecule has 2 N–H and O–H groups in total. The fourth-order valence-electron chi connectivity index (χ4n) is 2.01. The molecule has 1 aliphatic rings. The van der Waals surface area contributed by atoms with E-state index < -0.39 is 0 Å². The first-order valence-electron chi connectivity index (χ1n) is 4.65. The molecule has 0 radical (unpaired) electrons. The van der Waals surface area contributed by atoms with E-state index in [1.54, 1.807) is 0 Å². The van der Waals surface area contributed by atoms with E-state index in [1.807, 2.05) is 0 Å². The molecule has 0 atom stereocenters. The largest absolute Gasteiger partial charge is 0.400 e. The predicted molar refractivity (Wildman–Crippen MR) is 53.3 cm³/mol. The molecule has 74 valence electrons. The first-order valence-corrected chi connectivity index (χ1v) is 4.65. The second-order valence-corrected chi connectivity index (χ2v) is 4.75. The van der Waals surface area contributed by atoms with Crippen molar-refractivity contribution in [2.24, 2.45) is 0 Å². The van der Waals surface area contributed by atoms with Gasteiger partial charge in [-0.25, -0.2) is 0 Å². The first-order chi connectivity index (χ1) is 5.41. The van der Waals surface area contributed by atoms with Crippen LogP contribution < -0.4 is 5.32 Å². The zero-order valence-corrected chi connectivity index (χ0v) is 9.07. The quantitative estimate of drug-likeness (QED) is 0.586. The van der Waals surface area contributed by atoms with Crippen LogP contribution >= 0.6 is 0 Å². The Kier molecular flexibility index (Phi) is 4.21. The molecule has 0 aromatic heterocycles. The number of piperidine rings is 1. The van der Waals surface area contributed by atoms with Crippen LogP contribution in [0.15, 0.2) is 0 Å².